The molecule has 1 amide bonds. The van der Waals surface area contributed by atoms with Crippen LogP contribution in [0.4, 0.5) is 0 Å². The van der Waals surface area contributed by atoms with Gasteiger partial charge in [0.1, 0.15) is 0 Å². The predicted molar refractivity (Wildman–Crippen MR) is 90.2 cm³/mol. The van der Waals surface area contributed by atoms with Gasteiger partial charge in [-0.15, -0.1) is 0 Å². The molecule has 2 nitrogen and oxygen atoms in total. The molecular formula is C19H27NO. The molecule has 0 saturated heterocycles. The number of amides is 1. The molecule has 0 aromatic heterocycles. The fraction of sp³-hybridized carbons (Fsp3) is 0.421. The van der Waals surface area contributed by atoms with E-state index in [-0.39, 0.29) is 11.3 Å². The van der Waals surface area contributed by atoms with Crippen molar-refractivity contribution in [2.45, 2.75) is 48.0 Å². The normalized spacial score (nSPS) is 13.2. The van der Waals surface area contributed by atoms with E-state index in [9.17, 15) is 4.79 Å². The van der Waals surface area contributed by atoms with Crippen LogP contribution in [0.15, 0.2) is 47.7 Å². The van der Waals surface area contributed by atoms with Gasteiger partial charge in [-0.1, -0.05) is 57.5 Å². The second kappa shape index (κ2) is 7.26. The molecule has 1 rings (SSSR count). The van der Waals surface area contributed by atoms with Gasteiger partial charge in [-0.3, -0.25) is 4.79 Å². The highest BCUT2D eigenvalue weighted by Crippen LogP contribution is 2.29. The van der Waals surface area contributed by atoms with Gasteiger partial charge in [0.05, 0.1) is 0 Å². The number of allylic oxidation sites excluding steroid dienone is 4. The smallest absolute Gasteiger partial charge is 0.255 e. The van der Waals surface area contributed by atoms with E-state index in [4.69, 9.17) is 0 Å². The summed E-state index contributed by atoms with van der Waals surface area (Å²) in [5.74, 6) is -0.0434. The third-order valence-corrected chi connectivity index (χ3v) is 3.40. The minimum Gasteiger partial charge on any atom is -0.325 e. The molecule has 0 bridgehead atoms. The minimum absolute atomic E-state index is 0.00158. The van der Waals surface area contributed by atoms with Crippen LogP contribution in [-0.4, -0.2) is 5.91 Å². The van der Waals surface area contributed by atoms with E-state index in [1.807, 2.05) is 44.2 Å². The molecule has 0 aliphatic carbocycles. The lowest BCUT2D eigenvalue weighted by Gasteiger charge is -2.24. The maximum absolute atomic E-state index is 12.4. The molecule has 114 valence electrons. The first-order valence-corrected chi connectivity index (χ1v) is 7.54. The second-order valence-electron chi connectivity index (χ2n) is 6.32. The van der Waals surface area contributed by atoms with Crippen molar-refractivity contribution >= 4 is 5.91 Å². The SMILES string of the molecule is CC=CC(=C(CC)NC(=O)c1ccc(C)cc1)C(C)(C)C. The molecule has 0 aliphatic heterocycles. The van der Waals surface area contributed by atoms with Gasteiger partial charge in [-0.2, -0.15) is 0 Å². The third-order valence-electron chi connectivity index (χ3n) is 3.40. The Kier molecular flexibility index (Phi) is 5.95. The zero-order valence-electron chi connectivity index (χ0n) is 14.1. The number of nitrogens with one attached hydrogen (secondary N) is 1. The van der Waals surface area contributed by atoms with Crippen molar-refractivity contribution in [1.82, 2.24) is 5.32 Å². The maximum atomic E-state index is 12.4. The van der Waals surface area contributed by atoms with Crippen LogP contribution in [0.2, 0.25) is 0 Å². The average Bonchev–Trinajstić information content (AvgIpc) is 2.42. The Hall–Kier alpha value is -1.83. The Bertz CT molecular complexity index is 542. The molecule has 0 atom stereocenters. The Balaban J connectivity index is 3.10. The monoisotopic (exact) mass is 285 g/mol. The third kappa shape index (κ3) is 4.89. The van der Waals surface area contributed by atoms with Crippen molar-refractivity contribution in [3.63, 3.8) is 0 Å². The van der Waals surface area contributed by atoms with Crippen molar-refractivity contribution < 1.29 is 4.79 Å². The van der Waals surface area contributed by atoms with E-state index in [2.05, 4.69) is 39.1 Å². The molecule has 2 heteroatoms. The molecule has 1 aromatic rings. The lowest BCUT2D eigenvalue weighted by Crippen LogP contribution is -2.26. The van der Waals surface area contributed by atoms with E-state index < -0.39 is 0 Å². The molecule has 0 unspecified atom stereocenters. The van der Waals surface area contributed by atoms with Gasteiger partial charge in [0.25, 0.3) is 5.91 Å². The summed E-state index contributed by atoms with van der Waals surface area (Å²) in [6, 6.07) is 7.65. The van der Waals surface area contributed by atoms with Crippen LogP contribution in [0.25, 0.3) is 0 Å². The first kappa shape index (κ1) is 17.2. The van der Waals surface area contributed by atoms with Gasteiger partial charge in [0, 0.05) is 11.3 Å². The summed E-state index contributed by atoms with van der Waals surface area (Å²) in [6.07, 6.45) is 4.91. The molecule has 0 saturated carbocycles. The van der Waals surface area contributed by atoms with E-state index in [1.165, 1.54) is 5.57 Å². The molecule has 0 fully saturated rings. The molecular weight excluding hydrogens is 258 g/mol. The second-order valence-corrected chi connectivity index (χ2v) is 6.32. The van der Waals surface area contributed by atoms with E-state index in [0.717, 1.165) is 17.7 Å². The Labute approximate surface area is 129 Å². The zero-order chi connectivity index (χ0) is 16.0. The zero-order valence-corrected chi connectivity index (χ0v) is 14.1. The number of carbonyl (C=O) groups is 1. The number of hydrogen-bond acceptors (Lipinski definition) is 1. The van der Waals surface area contributed by atoms with Crippen LogP contribution >= 0.6 is 0 Å². The average molecular weight is 285 g/mol. The van der Waals surface area contributed by atoms with Crippen molar-refractivity contribution in [1.29, 1.82) is 0 Å². The lowest BCUT2D eigenvalue weighted by molar-refractivity contribution is 0.0964. The molecule has 0 spiro atoms. The predicted octanol–water partition coefficient (Wildman–Crippen LogP) is 5.01. The highest BCUT2D eigenvalue weighted by atomic mass is 16.1. The summed E-state index contributed by atoms with van der Waals surface area (Å²) >= 11 is 0. The summed E-state index contributed by atoms with van der Waals surface area (Å²) in [4.78, 5) is 12.4. The minimum atomic E-state index is -0.0434. The van der Waals surface area contributed by atoms with Crippen LogP contribution in [0, 0.1) is 12.3 Å². The number of aryl methyl sites for hydroxylation is 1. The molecule has 0 radical (unpaired) electrons. The van der Waals surface area contributed by atoms with Crippen LogP contribution in [0.3, 0.4) is 0 Å². The van der Waals surface area contributed by atoms with Crippen molar-refractivity contribution in [3.8, 4) is 0 Å². The fourth-order valence-corrected chi connectivity index (χ4v) is 2.23. The van der Waals surface area contributed by atoms with Crippen LogP contribution < -0.4 is 5.32 Å². The van der Waals surface area contributed by atoms with E-state index in [0.29, 0.717) is 5.56 Å². The summed E-state index contributed by atoms with van der Waals surface area (Å²) in [6.45, 7) is 12.6. The van der Waals surface area contributed by atoms with E-state index >= 15 is 0 Å². The summed E-state index contributed by atoms with van der Waals surface area (Å²) in [5.41, 5.74) is 4.01. The van der Waals surface area contributed by atoms with Crippen LogP contribution in [-0.2, 0) is 0 Å². The summed E-state index contributed by atoms with van der Waals surface area (Å²) in [5, 5.41) is 3.08. The van der Waals surface area contributed by atoms with Crippen LogP contribution in [0.5, 0.6) is 0 Å². The molecule has 1 aromatic carbocycles. The summed E-state index contributed by atoms with van der Waals surface area (Å²) in [7, 11) is 0. The molecule has 21 heavy (non-hydrogen) atoms. The fourth-order valence-electron chi connectivity index (χ4n) is 2.23. The Morgan fingerprint density at radius 1 is 1.19 bits per heavy atom. The van der Waals surface area contributed by atoms with Gasteiger partial charge < -0.3 is 5.32 Å². The largest absolute Gasteiger partial charge is 0.325 e. The first-order chi connectivity index (χ1) is 9.79. The lowest BCUT2D eigenvalue weighted by atomic mass is 9.84. The van der Waals surface area contributed by atoms with Crippen LogP contribution in [0.1, 0.15) is 57.0 Å². The van der Waals surface area contributed by atoms with E-state index in [1.54, 1.807) is 0 Å². The number of benzene rings is 1. The van der Waals surface area contributed by atoms with Gasteiger partial charge in [-0.05, 0) is 43.4 Å². The Morgan fingerprint density at radius 3 is 2.19 bits per heavy atom. The van der Waals surface area contributed by atoms with Gasteiger partial charge in [0.2, 0.25) is 0 Å². The molecule has 0 heterocycles. The highest BCUT2D eigenvalue weighted by molar-refractivity contribution is 5.95. The van der Waals surface area contributed by atoms with Gasteiger partial charge in [0.15, 0.2) is 0 Å². The number of carbonyl (C=O) groups excluding carboxylic acids is 1. The molecule has 1 N–H and O–H groups in total. The van der Waals surface area contributed by atoms with Crippen molar-refractivity contribution in [2.24, 2.45) is 5.41 Å². The first-order valence-electron chi connectivity index (χ1n) is 7.54. The number of hydrogen-bond donors (Lipinski definition) is 1. The summed E-state index contributed by atoms with van der Waals surface area (Å²) < 4.78 is 0. The van der Waals surface area contributed by atoms with Gasteiger partial charge in [-0.25, -0.2) is 0 Å². The molecule has 0 aliphatic rings. The topological polar surface area (TPSA) is 29.1 Å². The number of rotatable bonds is 4. The maximum Gasteiger partial charge on any atom is 0.255 e. The quantitative estimate of drug-likeness (QED) is 0.774. The highest BCUT2D eigenvalue weighted by Gasteiger charge is 2.19. The Morgan fingerprint density at radius 2 is 1.76 bits per heavy atom. The van der Waals surface area contributed by atoms with Crippen molar-refractivity contribution in [2.75, 3.05) is 0 Å². The standard InChI is InChI=1S/C19H27NO/c1-7-9-16(19(4,5)6)17(8-2)20-18(21)15-12-10-14(3)11-13-15/h7,9-13H,8H2,1-6H3,(H,20,21). The van der Waals surface area contributed by atoms with Gasteiger partial charge >= 0.3 is 0 Å². The van der Waals surface area contributed by atoms with Crippen molar-refractivity contribution in [3.05, 3.63) is 58.8 Å².